The van der Waals surface area contributed by atoms with Gasteiger partial charge in [0, 0.05) is 16.5 Å². The average Bonchev–Trinajstić information content (AvgIpc) is 3.06. The third-order valence-electron chi connectivity index (χ3n) is 5.21. The van der Waals surface area contributed by atoms with Crippen LogP contribution in [-0.2, 0) is 10.8 Å². The fourth-order valence-electron chi connectivity index (χ4n) is 3.85. The predicted octanol–water partition coefficient (Wildman–Crippen LogP) is 4.86. The molecule has 0 spiro atoms. The van der Waals surface area contributed by atoms with Crippen LogP contribution < -0.4 is 14.7 Å². The first-order chi connectivity index (χ1) is 11.6. The number of allylic oxidation sites excluding steroid dienone is 4. The lowest BCUT2D eigenvalue weighted by Crippen LogP contribution is -2.37. The van der Waals surface area contributed by atoms with Crippen LogP contribution in [0.25, 0.3) is 0 Å². The van der Waals surface area contributed by atoms with E-state index in [-0.39, 0.29) is 10.8 Å². The number of hydrogen-bond acceptors (Lipinski definition) is 2. The molecule has 25 heavy (non-hydrogen) atoms. The van der Waals surface area contributed by atoms with Gasteiger partial charge in [-0.05, 0) is 28.7 Å². The van der Waals surface area contributed by atoms with Crippen LogP contribution >= 0.6 is 0 Å². The topological polar surface area (TPSA) is 18.5 Å². The summed E-state index contributed by atoms with van der Waals surface area (Å²) in [6.45, 7) is 16.1. The van der Waals surface area contributed by atoms with Crippen molar-refractivity contribution in [3.63, 3.8) is 0 Å². The van der Waals surface area contributed by atoms with E-state index < -0.39 is 8.80 Å². The number of rotatable bonds is 5. The largest absolute Gasteiger partial charge is 0.497 e. The summed E-state index contributed by atoms with van der Waals surface area (Å²) in [5, 5.41) is 1.39. The molecular formula is C22H34O2Si. The van der Waals surface area contributed by atoms with Crippen molar-refractivity contribution in [3.8, 4) is 11.5 Å². The van der Waals surface area contributed by atoms with Gasteiger partial charge in [-0.15, -0.1) is 0 Å². The number of ether oxygens (including phenoxy) is 2. The molecule has 2 rings (SSSR count). The lowest BCUT2D eigenvalue weighted by atomic mass is 9.74. The fraction of sp³-hybridized carbons (Fsp3) is 0.545. The van der Waals surface area contributed by atoms with Crippen LogP contribution in [0.1, 0.15) is 52.2 Å². The zero-order chi connectivity index (χ0) is 19.0. The molecule has 138 valence electrons. The van der Waals surface area contributed by atoms with Gasteiger partial charge in [0.15, 0.2) is 0 Å². The summed E-state index contributed by atoms with van der Waals surface area (Å²) in [5.74, 6) is 2.06. The van der Waals surface area contributed by atoms with E-state index in [0.717, 1.165) is 17.9 Å². The molecule has 0 heterocycles. The molecule has 3 heteroatoms. The van der Waals surface area contributed by atoms with Gasteiger partial charge < -0.3 is 9.47 Å². The molecule has 1 aromatic carbocycles. The highest BCUT2D eigenvalue weighted by Gasteiger charge is 2.36. The van der Waals surface area contributed by atoms with Gasteiger partial charge in [-0.2, -0.15) is 0 Å². The van der Waals surface area contributed by atoms with E-state index in [1.807, 2.05) is 0 Å². The third kappa shape index (κ3) is 3.57. The summed E-state index contributed by atoms with van der Waals surface area (Å²) in [6, 6.07) is 2.21. The van der Waals surface area contributed by atoms with Gasteiger partial charge in [-0.25, -0.2) is 0 Å². The zero-order valence-corrected chi connectivity index (χ0v) is 18.6. The SMILES string of the molecule is COc1cc(C(C)(C)C)c(OC)c(C(C)(C)C2=CCC=C2)c1[SiH](C)C. The van der Waals surface area contributed by atoms with Crippen LogP contribution in [0.5, 0.6) is 11.5 Å². The lowest BCUT2D eigenvalue weighted by molar-refractivity contribution is 0.377. The highest BCUT2D eigenvalue weighted by Crippen LogP contribution is 2.45. The summed E-state index contributed by atoms with van der Waals surface area (Å²) < 4.78 is 11.9. The maximum atomic E-state index is 6.05. The Kier molecular flexibility index (Phi) is 5.58. The lowest BCUT2D eigenvalue weighted by Gasteiger charge is -2.36. The van der Waals surface area contributed by atoms with Gasteiger partial charge in [0.2, 0.25) is 0 Å². The minimum atomic E-state index is -1.14. The molecule has 0 amide bonds. The van der Waals surface area contributed by atoms with E-state index in [4.69, 9.17) is 9.47 Å². The van der Waals surface area contributed by atoms with E-state index in [0.29, 0.717) is 0 Å². The summed E-state index contributed by atoms with van der Waals surface area (Å²) in [7, 11) is 2.46. The molecule has 0 N–H and O–H groups in total. The minimum Gasteiger partial charge on any atom is -0.497 e. The average molecular weight is 359 g/mol. The predicted molar refractivity (Wildman–Crippen MR) is 112 cm³/mol. The molecule has 1 aromatic rings. The Morgan fingerprint density at radius 2 is 1.64 bits per heavy atom. The maximum Gasteiger partial charge on any atom is 0.126 e. The van der Waals surface area contributed by atoms with Gasteiger partial charge in [-0.3, -0.25) is 0 Å². The number of methoxy groups -OCH3 is 2. The van der Waals surface area contributed by atoms with Crippen molar-refractivity contribution >= 4 is 14.0 Å². The van der Waals surface area contributed by atoms with Crippen molar-refractivity contribution in [2.24, 2.45) is 0 Å². The fourth-order valence-corrected chi connectivity index (χ4v) is 5.69. The van der Waals surface area contributed by atoms with Crippen molar-refractivity contribution in [1.29, 1.82) is 0 Å². The van der Waals surface area contributed by atoms with E-state index in [1.165, 1.54) is 21.9 Å². The molecule has 0 saturated heterocycles. The molecule has 0 aromatic heterocycles. The minimum absolute atomic E-state index is 0.0135. The van der Waals surface area contributed by atoms with Crippen LogP contribution in [0.3, 0.4) is 0 Å². The molecule has 0 radical (unpaired) electrons. The van der Waals surface area contributed by atoms with Crippen LogP contribution in [0.2, 0.25) is 13.1 Å². The molecule has 0 aliphatic heterocycles. The molecule has 0 saturated carbocycles. The van der Waals surface area contributed by atoms with E-state index in [9.17, 15) is 0 Å². The van der Waals surface area contributed by atoms with Crippen molar-refractivity contribution < 1.29 is 9.47 Å². The second kappa shape index (κ2) is 7.03. The molecule has 0 unspecified atom stereocenters. The quantitative estimate of drug-likeness (QED) is 0.700. The Bertz CT molecular complexity index is 704. The second-order valence-corrected chi connectivity index (χ2v) is 11.7. The third-order valence-corrected chi connectivity index (χ3v) is 6.94. The molecule has 0 fully saturated rings. The monoisotopic (exact) mass is 358 g/mol. The van der Waals surface area contributed by atoms with Crippen LogP contribution in [0.15, 0.2) is 29.9 Å². The first kappa shape index (κ1) is 19.8. The molecule has 1 aliphatic rings. The van der Waals surface area contributed by atoms with Crippen molar-refractivity contribution in [3.05, 3.63) is 41.0 Å². The van der Waals surface area contributed by atoms with Crippen LogP contribution in [-0.4, -0.2) is 23.0 Å². The summed E-state index contributed by atoms with van der Waals surface area (Å²) in [6.07, 6.45) is 7.86. The van der Waals surface area contributed by atoms with Gasteiger partial charge in [0.1, 0.15) is 11.5 Å². The summed E-state index contributed by atoms with van der Waals surface area (Å²) in [5.41, 5.74) is 3.78. The second-order valence-electron chi connectivity index (χ2n) is 8.78. The Balaban J connectivity index is 2.93. The summed E-state index contributed by atoms with van der Waals surface area (Å²) >= 11 is 0. The Labute approximate surface area is 155 Å². The molecular weight excluding hydrogens is 324 g/mol. The smallest absolute Gasteiger partial charge is 0.126 e. The molecule has 0 atom stereocenters. The normalized spacial score (nSPS) is 14.9. The van der Waals surface area contributed by atoms with Crippen molar-refractivity contribution in [1.82, 2.24) is 0 Å². The Morgan fingerprint density at radius 1 is 1.00 bits per heavy atom. The van der Waals surface area contributed by atoms with Crippen LogP contribution in [0.4, 0.5) is 0 Å². The number of benzene rings is 1. The van der Waals surface area contributed by atoms with Gasteiger partial charge >= 0.3 is 0 Å². The van der Waals surface area contributed by atoms with Gasteiger partial charge in [0.05, 0.1) is 23.0 Å². The van der Waals surface area contributed by atoms with E-state index >= 15 is 0 Å². The van der Waals surface area contributed by atoms with Gasteiger partial charge in [-0.1, -0.05) is 65.9 Å². The van der Waals surface area contributed by atoms with Crippen LogP contribution in [0, 0.1) is 0 Å². The summed E-state index contributed by atoms with van der Waals surface area (Å²) in [4.78, 5) is 0. The molecule has 2 nitrogen and oxygen atoms in total. The Hall–Kier alpha value is -1.48. The highest BCUT2D eigenvalue weighted by molar-refractivity contribution is 6.72. The van der Waals surface area contributed by atoms with Crippen molar-refractivity contribution in [2.75, 3.05) is 14.2 Å². The van der Waals surface area contributed by atoms with E-state index in [1.54, 1.807) is 14.2 Å². The molecule has 1 aliphatic carbocycles. The number of hydrogen-bond donors (Lipinski definition) is 0. The maximum absolute atomic E-state index is 6.05. The standard InChI is InChI=1S/C22H34O2Si/c1-21(2,3)16-14-17(23-6)20(25(8)9)18(19(16)24-7)22(4,5)15-12-10-11-13-15/h10,12-14,25H,11H2,1-9H3. The zero-order valence-electron chi connectivity index (χ0n) is 17.4. The van der Waals surface area contributed by atoms with Crippen molar-refractivity contribution in [2.45, 2.75) is 65.0 Å². The Morgan fingerprint density at radius 3 is 2.04 bits per heavy atom. The first-order valence-electron chi connectivity index (χ1n) is 9.22. The first-order valence-corrected chi connectivity index (χ1v) is 12.1. The molecule has 0 bridgehead atoms. The van der Waals surface area contributed by atoms with Gasteiger partial charge in [0.25, 0.3) is 0 Å². The highest BCUT2D eigenvalue weighted by atomic mass is 28.3. The van der Waals surface area contributed by atoms with E-state index in [2.05, 4.69) is 72.0 Å².